The molecule has 5 nitrogen and oxygen atoms in total. The number of aliphatic carboxylic acids is 1. The molecule has 0 unspecified atom stereocenters. The van der Waals surface area contributed by atoms with Gasteiger partial charge >= 0.3 is 5.97 Å². The largest absolute Gasteiger partial charge is 0.481 e. The first-order valence-corrected chi connectivity index (χ1v) is 10.8. The van der Waals surface area contributed by atoms with Crippen molar-refractivity contribution in [3.63, 3.8) is 0 Å². The van der Waals surface area contributed by atoms with Crippen molar-refractivity contribution in [1.82, 2.24) is 4.57 Å². The van der Waals surface area contributed by atoms with Crippen LogP contribution >= 0.6 is 0 Å². The van der Waals surface area contributed by atoms with Crippen molar-refractivity contribution in [2.24, 2.45) is 5.16 Å². The van der Waals surface area contributed by atoms with Gasteiger partial charge in [0.1, 0.15) is 6.61 Å². The van der Waals surface area contributed by atoms with E-state index in [-0.39, 0.29) is 6.42 Å². The predicted octanol–water partition coefficient (Wildman–Crippen LogP) is 5.77. The number of hydrogen-bond acceptors (Lipinski definition) is 3. The number of aromatic nitrogens is 1. The fourth-order valence-electron chi connectivity index (χ4n) is 3.87. The first kappa shape index (κ1) is 21.4. The van der Waals surface area contributed by atoms with Crippen LogP contribution in [0, 0.1) is 0 Å². The topological polar surface area (TPSA) is 63.8 Å². The molecule has 0 aliphatic carbocycles. The van der Waals surface area contributed by atoms with Crippen LogP contribution in [0.2, 0.25) is 0 Å². The Labute approximate surface area is 187 Å². The second-order valence-corrected chi connectivity index (χ2v) is 7.60. The molecule has 0 spiro atoms. The lowest BCUT2D eigenvalue weighted by Crippen LogP contribution is -2.06. The number of carbonyl (C=O) groups is 1. The summed E-state index contributed by atoms with van der Waals surface area (Å²) in [6, 6.07) is 26.4. The zero-order chi connectivity index (χ0) is 22.3. The van der Waals surface area contributed by atoms with E-state index in [1.54, 1.807) is 0 Å². The molecule has 162 valence electrons. The van der Waals surface area contributed by atoms with Crippen LogP contribution in [0.1, 0.15) is 24.5 Å². The highest BCUT2D eigenvalue weighted by Gasteiger charge is 2.09. The average molecular weight is 427 g/mol. The van der Waals surface area contributed by atoms with Crippen LogP contribution in [0.4, 0.5) is 0 Å². The molecule has 0 saturated carbocycles. The van der Waals surface area contributed by atoms with Crippen LogP contribution in [0.5, 0.6) is 0 Å². The van der Waals surface area contributed by atoms with E-state index in [1.165, 1.54) is 11.1 Å². The smallest absolute Gasteiger partial charge is 0.307 e. The van der Waals surface area contributed by atoms with Crippen molar-refractivity contribution < 1.29 is 14.7 Å². The highest BCUT2D eigenvalue weighted by atomic mass is 16.6. The number of nitrogens with zero attached hydrogens (tertiary/aromatic N) is 2. The van der Waals surface area contributed by atoms with E-state index >= 15 is 0 Å². The molecule has 32 heavy (non-hydrogen) atoms. The Hall–Kier alpha value is -3.86. The molecule has 0 saturated heterocycles. The van der Waals surface area contributed by atoms with Crippen LogP contribution in [0.3, 0.4) is 0 Å². The highest BCUT2D eigenvalue weighted by molar-refractivity contribution is 6.00. The van der Waals surface area contributed by atoms with Crippen LogP contribution in [-0.4, -0.2) is 28.0 Å². The zero-order valence-electron chi connectivity index (χ0n) is 18.1. The van der Waals surface area contributed by atoms with E-state index in [9.17, 15) is 4.79 Å². The summed E-state index contributed by atoms with van der Waals surface area (Å²) < 4.78 is 2.07. The van der Waals surface area contributed by atoms with E-state index in [4.69, 9.17) is 9.94 Å². The molecule has 3 aromatic carbocycles. The number of hydrogen-bond donors (Lipinski definition) is 1. The van der Waals surface area contributed by atoms with Gasteiger partial charge in [-0.05, 0) is 40.8 Å². The van der Waals surface area contributed by atoms with Gasteiger partial charge in [0.2, 0.25) is 0 Å². The van der Waals surface area contributed by atoms with Crippen molar-refractivity contribution >= 4 is 22.6 Å². The van der Waals surface area contributed by atoms with E-state index < -0.39 is 5.97 Å². The lowest BCUT2D eigenvalue weighted by atomic mass is 10.0. The second kappa shape index (κ2) is 9.96. The van der Waals surface area contributed by atoms with Gasteiger partial charge in [0, 0.05) is 17.1 Å². The molecule has 1 aromatic heterocycles. The summed E-state index contributed by atoms with van der Waals surface area (Å²) in [4.78, 5) is 16.7. The summed E-state index contributed by atoms with van der Waals surface area (Å²) in [6.07, 6.45) is 2.76. The molecular formula is C27H26N2O3. The van der Waals surface area contributed by atoms with Gasteiger partial charge in [-0.25, -0.2) is 0 Å². The summed E-state index contributed by atoms with van der Waals surface area (Å²) >= 11 is 0. The third-order valence-corrected chi connectivity index (χ3v) is 5.50. The fraction of sp³-hybridized carbons (Fsp3) is 0.185. The minimum atomic E-state index is -0.827. The predicted molar refractivity (Wildman–Crippen MR) is 128 cm³/mol. The maximum Gasteiger partial charge on any atom is 0.307 e. The number of rotatable bonds is 9. The van der Waals surface area contributed by atoms with Gasteiger partial charge in [-0.15, -0.1) is 0 Å². The Morgan fingerprint density at radius 2 is 1.69 bits per heavy atom. The Morgan fingerprint density at radius 3 is 2.41 bits per heavy atom. The normalized spacial score (nSPS) is 11.6. The van der Waals surface area contributed by atoms with Gasteiger partial charge in [0.25, 0.3) is 0 Å². The number of oxime groups is 1. The number of carboxylic acid groups (broad SMARTS) is 1. The lowest BCUT2D eigenvalue weighted by molar-refractivity contribution is -0.136. The molecule has 0 aliphatic rings. The third kappa shape index (κ3) is 4.89. The summed E-state index contributed by atoms with van der Waals surface area (Å²) in [6.45, 7) is 3.13. The Bertz CT molecular complexity index is 1220. The van der Waals surface area contributed by atoms with Gasteiger partial charge < -0.3 is 14.5 Å². The SMILES string of the molecule is CC/C(=N\OCCn1ccc2c(CC(=O)O)cccc21)c1ccc(-c2ccccc2)cc1. The molecule has 4 rings (SSSR count). The van der Waals surface area contributed by atoms with Crippen LogP contribution in [-0.2, 0) is 22.6 Å². The van der Waals surface area contributed by atoms with E-state index in [0.29, 0.717) is 13.2 Å². The van der Waals surface area contributed by atoms with Gasteiger partial charge in [-0.3, -0.25) is 4.79 Å². The maximum atomic E-state index is 11.1. The minimum absolute atomic E-state index is 0.0189. The van der Waals surface area contributed by atoms with Crippen molar-refractivity contribution in [2.75, 3.05) is 6.61 Å². The first-order chi connectivity index (χ1) is 15.7. The van der Waals surface area contributed by atoms with Crippen LogP contribution < -0.4 is 0 Å². The molecule has 0 aliphatic heterocycles. The standard InChI is InChI=1S/C27H26N2O3/c1-2-25(22-13-11-21(12-14-22)20-7-4-3-5-8-20)28-32-18-17-29-16-15-24-23(19-27(30)31)9-6-10-26(24)29/h3-16H,2,17-19H2,1H3,(H,30,31)/b28-25+. The lowest BCUT2D eigenvalue weighted by Gasteiger charge is -2.08. The van der Waals surface area contributed by atoms with Crippen molar-refractivity contribution in [2.45, 2.75) is 26.3 Å². The molecule has 0 bridgehead atoms. The van der Waals surface area contributed by atoms with E-state index in [0.717, 1.165) is 34.2 Å². The Balaban J connectivity index is 1.40. The second-order valence-electron chi connectivity index (χ2n) is 7.60. The molecule has 1 heterocycles. The summed E-state index contributed by atoms with van der Waals surface area (Å²) in [5, 5.41) is 14.4. The quantitative estimate of drug-likeness (QED) is 0.210. The van der Waals surface area contributed by atoms with Gasteiger partial charge in [-0.1, -0.05) is 78.8 Å². The number of fused-ring (bicyclic) bond motifs is 1. The van der Waals surface area contributed by atoms with E-state index in [1.807, 2.05) is 48.7 Å². The molecule has 0 fully saturated rings. The molecule has 0 radical (unpaired) electrons. The molecular weight excluding hydrogens is 400 g/mol. The average Bonchev–Trinajstić information content (AvgIpc) is 3.24. The zero-order valence-corrected chi connectivity index (χ0v) is 18.1. The van der Waals surface area contributed by atoms with Gasteiger partial charge in [-0.2, -0.15) is 0 Å². The number of carboxylic acids is 1. The molecule has 0 atom stereocenters. The summed E-state index contributed by atoms with van der Waals surface area (Å²) in [5.41, 5.74) is 6.15. The van der Waals surface area contributed by atoms with Gasteiger partial charge in [0.15, 0.2) is 0 Å². The Morgan fingerprint density at radius 1 is 0.938 bits per heavy atom. The molecule has 5 heteroatoms. The van der Waals surface area contributed by atoms with Crippen molar-refractivity contribution in [3.05, 3.63) is 96.2 Å². The monoisotopic (exact) mass is 426 g/mol. The maximum absolute atomic E-state index is 11.1. The minimum Gasteiger partial charge on any atom is -0.481 e. The van der Waals surface area contributed by atoms with Crippen molar-refractivity contribution in [3.8, 4) is 11.1 Å². The number of benzene rings is 3. The van der Waals surface area contributed by atoms with Gasteiger partial charge in [0.05, 0.1) is 18.7 Å². The molecule has 4 aromatic rings. The van der Waals surface area contributed by atoms with E-state index in [2.05, 4.69) is 53.0 Å². The molecule has 0 amide bonds. The fourth-order valence-corrected chi connectivity index (χ4v) is 3.87. The first-order valence-electron chi connectivity index (χ1n) is 10.8. The van der Waals surface area contributed by atoms with Crippen molar-refractivity contribution in [1.29, 1.82) is 0 Å². The molecule has 1 N–H and O–H groups in total. The summed E-state index contributed by atoms with van der Waals surface area (Å²) in [5.74, 6) is -0.827. The third-order valence-electron chi connectivity index (χ3n) is 5.50. The van der Waals surface area contributed by atoms with Crippen LogP contribution in [0.15, 0.2) is 90.2 Å². The van der Waals surface area contributed by atoms with Crippen LogP contribution in [0.25, 0.3) is 22.0 Å². The summed E-state index contributed by atoms with van der Waals surface area (Å²) in [7, 11) is 0. The Kier molecular flexibility index (Phi) is 6.66. The highest BCUT2D eigenvalue weighted by Crippen LogP contribution is 2.22.